The molecule has 8 heteroatoms. The molecule has 2 amide bonds. The molecule has 0 radical (unpaired) electrons. The first-order chi connectivity index (χ1) is 14.9. The number of nitrogens with zero attached hydrogens (tertiary/aromatic N) is 2. The molecule has 0 aliphatic carbocycles. The zero-order chi connectivity index (χ0) is 22.4. The average Bonchev–Trinajstić information content (AvgIpc) is 3.20. The fourth-order valence-electron chi connectivity index (χ4n) is 2.98. The summed E-state index contributed by atoms with van der Waals surface area (Å²) in [7, 11) is 3.17. The fourth-order valence-corrected chi connectivity index (χ4v) is 2.98. The van der Waals surface area contributed by atoms with E-state index in [4.69, 9.17) is 9.47 Å². The molecule has 2 N–H and O–H groups in total. The van der Waals surface area contributed by atoms with Gasteiger partial charge in [0.1, 0.15) is 5.82 Å². The van der Waals surface area contributed by atoms with Crippen LogP contribution in [0.25, 0.3) is 0 Å². The molecule has 3 aromatic rings. The van der Waals surface area contributed by atoms with Gasteiger partial charge in [-0.3, -0.25) is 9.59 Å². The topological polar surface area (TPSA) is 94.5 Å². The summed E-state index contributed by atoms with van der Waals surface area (Å²) in [5, 5.41) is 9.99. The summed E-state index contributed by atoms with van der Waals surface area (Å²) in [4.78, 5) is 24.5. The first-order valence-electron chi connectivity index (χ1n) is 9.87. The second-order valence-corrected chi connectivity index (χ2v) is 7.20. The van der Waals surface area contributed by atoms with Crippen LogP contribution < -0.4 is 20.1 Å². The molecule has 31 heavy (non-hydrogen) atoms. The van der Waals surface area contributed by atoms with Crippen molar-refractivity contribution in [1.29, 1.82) is 0 Å². The lowest BCUT2D eigenvalue weighted by Gasteiger charge is -2.14. The van der Waals surface area contributed by atoms with Crippen molar-refractivity contribution in [2.45, 2.75) is 20.4 Å². The van der Waals surface area contributed by atoms with Gasteiger partial charge in [0.15, 0.2) is 11.5 Å². The number of methoxy groups -OCH3 is 2. The van der Waals surface area contributed by atoms with Crippen LogP contribution in [0.15, 0.2) is 54.7 Å². The molecule has 0 atom stereocenters. The van der Waals surface area contributed by atoms with Crippen LogP contribution in [0.3, 0.4) is 0 Å². The number of nitrogens with one attached hydrogen (secondary N) is 2. The largest absolute Gasteiger partial charge is 0.493 e. The van der Waals surface area contributed by atoms with Crippen molar-refractivity contribution in [2.24, 2.45) is 5.92 Å². The normalized spacial score (nSPS) is 10.6. The molecule has 0 aliphatic heterocycles. The van der Waals surface area contributed by atoms with E-state index < -0.39 is 0 Å². The molecule has 0 saturated heterocycles. The van der Waals surface area contributed by atoms with E-state index >= 15 is 0 Å². The molecule has 0 spiro atoms. The van der Waals surface area contributed by atoms with Gasteiger partial charge in [-0.05, 0) is 30.3 Å². The summed E-state index contributed by atoms with van der Waals surface area (Å²) in [6, 6.07) is 14.1. The third-order valence-corrected chi connectivity index (χ3v) is 4.70. The lowest BCUT2D eigenvalue weighted by Crippen LogP contribution is -2.18. The van der Waals surface area contributed by atoms with Gasteiger partial charge < -0.3 is 20.1 Å². The number of carbonyl (C=O) groups is 2. The minimum Gasteiger partial charge on any atom is -0.493 e. The predicted molar refractivity (Wildman–Crippen MR) is 119 cm³/mol. The number of hydrogen-bond acceptors (Lipinski definition) is 5. The van der Waals surface area contributed by atoms with Gasteiger partial charge in [-0.2, -0.15) is 5.10 Å². The van der Waals surface area contributed by atoms with E-state index in [2.05, 4.69) is 15.7 Å². The molecular weight excluding hydrogens is 396 g/mol. The van der Waals surface area contributed by atoms with Gasteiger partial charge in [0, 0.05) is 28.8 Å². The molecule has 3 rings (SSSR count). The quantitative estimate of drug-likeness (QED) is 0.576. The second-order valence-electron chi connectivity index (χ2n) is 7.20. The standard InChI is InChI=1S/C23H26N4O4/c1-15(2)22(28)25-18-10-8-16(9-11-18)23(29)26-20-12-13-24-27(20)14-17-6-5-7-19(30-3)21(17)31-4/h5-13,15H,14H2,1-4H3,(H,25,28)(H,26,29). The molecule has 2 aromatic carbocycles. The highest BCUT2D eigenvalue weighted by Gasteiger charge is 2.14. The first kappa shape index (κ1) is 21.9. The van der Waals surface area contributed by atoms with E-state index in [1.165, 1.54) is 0 Å². The first-order valence-corrected chi connectivity index (χ1v) is 9.87. The highest BCUT2D eigenvalue weighted by atomic mass is 16.5. The number of para-hydroxylation sites is 1. The molecule has 0 fully saturated rings. The fraction of sp³-hybridized carbons (Fsp3) is 0.261. The van der Waals surface area contributed by atoms with Gasteiger partial charge in [0.25, 0.3) is 5.91 Å². The van der Waals surface area contributed by atoms with Crippen LogP contribution in [-0.2, 0) is 11.3 Å². The van der Waals surface area contributed by atoms with Crippen LogP contribution in [0.4, 0.5) is 11.5 Å². The van der Waals surface area contributed by atoms with Crippen molar-refractivity contribution in [3.63, 3.8) is 0 Å². The number of ether oxygens (including phenoxy) is 2. The van der Waals surface area contributed by atoms with E-state index in [9.17, 15) is 9.59 Å². The Labute approximate surface area is 181 Å². The summed E-state index contributed by atoms with van der Waals surface area (Å²) in [5.74, 6) is 1.33. The maximum absolute atomic E-state index is 12.7. The van der Waals surface area contributed by atoms with E-state index in [-0.39, 0.29) is 17.7 Å². The number of carbonyl (C=O) groups excluding carboxylic acids is 2. The van der Waals surface area contributed by atoms with Gasteiger partial charge in [-0.25, -0.2) is 4.68 Å². The summed E-state index contributed by atoms with van der Waals surface area (Å²) in [6.07, 6.45) is 1.62. The van der Waals surface area contributed by atoms with Crippen molar-refractivity contribution in [1.82, 2.24) is 9.78 Å². The third-order valence-electron chi connectivity index (χ3n) is 4.70. The maximum Gasteiger partial charge on any atom is 0.256 e. The Balaban J connectivity index is 1.72. The van der Waals surface area contributed by atoms with Crippen LogP contribution in [0.1, 0.15) is 29.8 Å². The number of anilines is 2. The van der Waals surface area contributed by atoms with Crippen LogP contribution in [0.2, 0.25) is 0 Å². The van der Waals surface area contributed by atoms with Crippen molar-refractivity contribution in [3.05, 3.63) is 65.9 Å². The zero-order valence-corrected chi connectivity index (χ0v) is 18.0. The van der Waals surface area contributed by atoms with Gasteiger partial charge in [0.05, 0.1) is 27.0 Å². The van der Waals surface area contributed by atoms with Crippen molar-refractivity contribution in [3.8, 4) is 11.5 Å². The zero-order valence-electron chi connectivity index (χ0n) is 18.0. The van der Waals surface area contributed by atoms with Gasteiger partial charge >= 0.3 is 0 Å². The lowest BCUT2D eigenvalue weighted by atomic mass is 10.1. The van der Waals surface area contributed by atoms with E-state index in [1.54, 1.807) is 55.4 Å². The number of aromatic nitrogens is 2. The SMILES string of the molecule is COc1cccc(Cn2nccc2NC(=O)c2ccc(NC(=O)C(C)C)cc2)c1OC. The molecule has 0 aliphatic rings. The Morgan fingerprint density at radius 2 is 1.74 bits per heavy atom. The average molecular weight is 422 g/mol. The Bertz CT molecular complexity index is 1060. The number of benzene rings is 2. The van der Waals surface area contributed by atoms with E-state index in [1.807, 2.05) is 32.0 Å². The molecule has 8 nitrogen and oxygen atoms in total. The van der Waals surface area contributed by atoms with Crippen molar-refractivity contribution < 1.29 is 19.1 Å². The van der Waals surface area contributed by atoms with Crippen LogP contribution in [-0.4, -0.2) is 35.8 Å². The molecular formula is C23H26N4O4. The molecule has 0 saturated carbocycles. The Morgan fingerprint density at radius 1 is 1.00 bits per heavy atom. The van der Waals surface area contributed by atoms with Crippen LogP contribution in [0, 0.1) is 5.92 Å². The smallest absolute Gasteiger partial charge is 0.256 e. The van der Waals surface area contributed by atoms with Crippen LogP contribution in [0.5, 0.6) is 11.5 Å². The predicted octanol–water partition coefficient (Wildman–Crippen LogP) is 3.80. The number of hydrogen-bond donors (Lipinski definition) is 2. The number of rotatable bonds is 8. The maximum atomic E-state index is 12.7. The Hall–Kier alpha value is -3.81. The lowest BCUT2D eigenvalue weighted by molar-refractivity contribution is -0.118. The van der Waals surface area contributed by atoms with Crippen molar-refractivity contribution in [2.75, 3.05) is 24.9 Å². The van der Waals surface area contributed by atoms with Gasteiger partial charge in [-0.1, -0.05) is 26.0 Å². The Kier molecular flexibility index (Phi) is 6.92. The molecule has 1 aromatic heterocycles. The monoisotopic (exact) mass is 422 g/mol. The molecule has 0 unspecified atom stereocenters. The van der Waals surface area contributed by atoms with E-state index in [0.29, 0.717) is 35.1 Å². The molecule has 1 heterocycles. The van der Waals surface area contributed by atoms with Gasteiger partial charge in [0.2, 0.25) is 5.91 Å². The number of amides is 2. The van der Waals surface area contributed by atoms with Gasteiger partial charge in [-0.15, -0.1) is 0 Å². The minimum absolute atomic E-state index is 0.0749. The minimum atomic E-state index is -0.277. The van der Waals surface area contributed by atoms with Crippen molar-refractivity contribution >= 4 is 23.3 Å². The van der Waals surface area contributed by atoms with E-state index in [0.717, 1.165) is 5.56 Å². The summed E-state index contributed by atoms with van der Waals surface area (Å²) < 4.78 is 12.5. The van der Waals surface area contributed by atoms with Crippen LogP contribution >= 0.6 is 0 Å². The molecule has 162 valence electrons. The molecule has 0 bridgehead atoms. The highest BCUT2D eigenvalue weighted by molar-refractivity contribution is 6.04. The second kappa shape index (κ2) is 9.80. The summed E-state index contributed by atoms with van der Waals surface area (Å²) in [6.45, 7) is 4.03. The highest BCUT2D eigenvalue weighted by Crippen LogP contribution is 2.31. The summed E-state index contributed by atoms with van der Waals surface area (Å²) in [5.41, 5.74) is 1.98. The summed E-state index contributed by atoms with van der Waals surface area (Å²) >= 11 is 0. The Morgan fingerprint density at radius 3 is 2.39 bits per heavy atom. The third kappa shape index (κ3) is 5.22.